The Labute approximate surface area is 120 Å². The van der Waals surface area contributed by atoms with Gasteiger partial charge in [-0.25, -0.2) is 0 Å². The molecule has 2 N–H and O–H groups in total. The molecule has 54 valence electrons. The first kappa shape index (κ1) is 14.0. The molecule has 0 amide bonds. The zero-order valence-corrected chi connectivity index (χ0v) is 13.3. The number of nitrogens with two attached hydrogens (primary N) is 1. The molecule has 0 fully saturated rings. The molecular weight excluding hydrogens is 251 g/mol. The number of hydrogen-bond acceptors (Lipinski definition) is 3. The molecule has 0 aliphatic rings. The Morgan fingerprint density at radius 2 is 1.80 bits per heavy atom. The van der Waals surface area contributed by atoms with Gasteiger partial charge in [-0.15, -0.1) is 0 Å². The van der Waals surface area contributed by atoms with Crippen molar-refractivity contribution in [1.29, 1.82) is 0 Å². The minimum absolute atomic E-state index is 0. The van der Waals surface area contributed by atoms with E-state index in [-0.39, 0.29) is 68.9 Å². The van der Waals surface area contributed by atoms with E-state index in [4.69, 9.17) is 5.73 Å². The largest absolute Gasteiger partial charge is 1.00 e. The van der Waals surface area contributed by atoms with Crippen LogP contribution in [0.5, 0.6) is 0 Å². The molecule has 0 unspecified atom stereocenters. The Bertz CT molecular complexity index is 119. The van der Waals surface area contributed by atoms with Crippen molar-refractivity contribution >= 4 is 5.97 Å². The number of hydrogen-bond donors (Lipinski definition) is 1. The second-order valence-electron chi connectivity index (χ2n) is 3.16. The van der Waals surface area contributed by atoms with Crippen molar-refractivity contribution in [3.05, 3.63) is 0 Å². The van der Waals surface area contributed by atoms with Gasteiger partial charge in [0.2, 0.25) is 0 Å². The average Bonchev–Trinajstić information content (AvgIpc) is 1.62. The zero-order valence-electron chi connectivity index (χ0n) is 6.97. The van der Waals surface area contributed by atoms with Crippen molar-refractivity contribution in [3.63, 3.8) is 0 Å². The first-order chi connectivity index (χ1) is 3.85. The van der Waals surface area contributed by atoms with Crippen LogP contribution in [-0.4, -0.2) is 12.0 Å². The number of carbonyl (C=O) groups is 1. The minimum atomic E-state index is -1.19. The van der Waals surface area contributed by atoms with Crippen LogP contribution in [0.15, 0.2) is 0 Å². The summed E-state index contributed by atoms with van der Waals surface area (Å²) in [6, 6.07) is -0.877. The maximum absolute atomic E-state index is 10.1. The first-order valence-electron chi connectivity index (χ1n) is 2.82. The predicted octanol–water partition coefficient (Wildman–Crippen LogP) is -3.89. The normalized spacial score (nSPS) is 13.6. The third-order valence-corrected chi connectivity index (χ3v) is 1.19. The molecule has 0 aromatic rings. The third-order valence-electron chi connectivity index (χ3n) is 1.19. The summed E-state index contributed by atoms with van der Waals surface area (Å²) in [4.78, 5) is 10.1. The molecule has 0 radical (unpaired) electrons. The van der Waals surface area contributed by atoms with E-state index >= 15 is 0 Å². The number of carbonyl (C=O) groups excluding carboxylic acids is 1. The number of carboxylic acid groups (broad SMARTS) is 1. The molecule has 4 heteroatoms. The fourth-order valence-corrected chi connectivity index (χ4v) is 0.354. The van der Waals surface area contributed by atoms with Crippen LogP contribution < -0.4 is 79.7 Å². The Hall–Kier alpha value is 1.48. The second kappa shape index (κ2) is 5.18. The van der Waals surface area contributed by atoms with Gasteiger partial charge in [-0.2, -0.15) is 0 Å². The summed E-state index contributed by atoms with van der Waals surface area (Å²) < 4.78 is 0. The van der Waals surface area contributed by atoms with Crippen molar-refractivity contribution in [2.45, 2.75) is 26.8 Å². The van der Waals surface area contributed by atoms with E-state index in [1.165, 1.54) is 0 Å². The summed E-state index contributed by atoms with van der Waals surface area (Å²) in [6.45, 7) is 5.27. The summed E-state index contributed by atoms with van der Waals surface area (Å²) in [6.07, 6.45) is 0. The van der Waals surface area contributed by atoms with Crippen LogP contribution in [-0.2, 0) is 4.79 Å². The molecule has 3 nitrogen and oxygen atoms in total. The third kappa shape index (κ3) is 5.17. The van der Waals surface area contributed by atoms with E-state index in [9.17, 15) is 9.90 Å². The maximum Gasteiger partial charge on any atom is 1.00 e. The van der Waals surface area contributed by atoms with Crippen molar-refractivity contribution in [2.24, 2.45) is 11.1 Å². The summed E-state index contributed by atoms with van der Waals surface area (Å²) >= 11 is 0. The van der Waals surface area contributed by atoms with Gasteiger partial charge in [0.05, 0.1) is 5.97 Å². The Morgan fingerprint density at radius 1 is 1.50 bits per heavy atom. The predicted molar refractivity (Wildman–Crippen MR) is 32.4 cm³/mol. The van der Waals surface area contributed by atoms with Gasteiger partial charge in [0.25, 0.3) is 0 Å². The average molecular weight is 263 g/mol. The molecule has 0 spiro atoms. The van der Waals surface area contributed by atoms with Crippen LogP contribution >= 0.6 is 0 Å². The molecule has 0 saturated heterocycles. The van der Waals surface area contributed by atoms with Gasteiger partial charge in [0, 0.05) is 6.04 Å². The van der Waals surface area contributed by atoms with E-state index in [2.05, 4.69) is 0 Å². The quantitative estimate of drug-likeness (QED) is 0.526. The smallest absolute Gasteiger partial charge is 0.548 e. The van der Waals surface area contributed by atoms with Crippen molar-refractivity contribution in [1.82, 2.24) is 0 Å². The molecule has 0 bridgehead atoms. The molecular formula is C6H12CsNO2. The fraction of sp³-hybridized carbons (Fsp3) is 0.833. The number of aliphatic carboxylic acids is 1. The summed E-state index contributed by atoms with van der Waals surface area (Å²) in [5, 5.41) is 10.1. The minimum Gasteiger partial charge on any atom is -0.548 e. The van der Waals surface area contributed by atoms with Gasteiger partial charge in [-0.3, -0.25) is 0 Å². The van der Waals surface area contributed by atoms with E-state index in [1.54, 1.807) is 20.8 Å². The zero-order chi connectivity index (χ0) is 7.65. The van der Waals surface area contributed by atoms with E-state index < -0.39 is 17.4 Å². The van der Waals surface area contributed by atoms with Crippen LogP contribution in [0.1, 0.15) is 20.8 Å². The Balaban J connectivity index is 0. The monoisotopic (exact) mass is 263 g/mol. The molecule has 0 aliphatic heterocycles. The summed E-state index contributed by atoms with van der Waals surface area (Å²) in [5.41, 5.74) is 4.83. The Morgan fingerprint density at radius 3 is 1.80 bits per heavy atom. The van der Waals surface area contributed by atoms with Gasteiger partial charge in [0.15, 0.2) is 0 Å². The van der Waals surface area contributed by atoms with Crippen molar-refractivity contribution in [2.75, 3.05) is 0 Å². The molecule has 0 aromatic heterocycles. The van der Waals surface area contributed by atoms with E-state index in [1.807, 2.05) is 0 Å². The summed E-state index contributed by atoms with van der Waals surface area (Å²) in [7, 11) is 0. The van der Waals surface area contributed by atoms with Crippen LogP contribution in [0.25, 0.3) is 0 Å². The molecule has 1 atom stereocenters. The van der Waals surface area contributed by atoms with Gasteiger partial charge in [-0.1, -0.05) is 20.8 Å². The van der Waals surface area contributed by atoms with Gasteiger partial charge < -0.3 is 15.6 Å². The van der Waals surface area contributed by atoms with Crippen molar-refractivity contribution < 1.29 is 78.8 Å². The van der Waals surface area contributed by atoms with E-state index in [0.717, 1.165) is 0 Å². The van der Waals surface area contributed by atoms with Gasteiger partial charge in [0.1, 0.15) is 0 Å². The SMILES string of the molecule is CC(C)(C)[C@H](N)C(=O)[O-].[Cs+]. The standard InChI is InChI=1S/C6H13NO2.Cs/c1-6(2,3)4(7)5(8)9;/h4H,7H2,1-3H3,(H,8,9);/q;+1/p-1/t4-;/m1./s1. The molecule has 0 saturated carbocycles. The maximum atomic E-state index is 10.1. The second-order valence-corrected chi connectivity index (χ2v) is 3.16. The topological polar surface area (TPSA) is 66.2 Å². The van der Waals surface area contributed by atoms with Crippen LogP contribution in [0, 0.1) is 5.41 Å². The van der Waals surface area contributed by atoms with Crippen LogP contribution in [0.4, 0.5) is 0 Å². The van der Waals surface area contributed by atoms with E-state index in [0.29, 0.717) is 0 Å². The van der Waals surface area contributed by atoms with Crippen LogP contribution in [0.3, 0.4) is 0 Å². The molecule has 0 aliphatic carbocycles. The molecule has 10 heavy (non-hydrogen) atoms. The summed E-state index contributed by atoms with van der Waals surface area (Å²) in [5.74, 6) is -1.19. The van der Waals surface area contributed by atoms with Gasteiger partial charge in [-0.05, 0) is 5.41 Å². The van der Waals surface area contributed by atoms with Crippen LogP contribution in [0.2, 0.25) is 0 Å². The van der Waals surface area contributed by atoms with Crippen molar-refractivity contribution in [3.8, 4) is 0 Å². The molecule has 0 aromatic carbocycles. The fourth-order valence-electron chi connectivity index (χ4n) is 0.354. The molecule has 0 rings (SSSR count). The Kier molecular flexibility index (Phi) is 7.28. The van der Waals surface area contributed by atoms with Gasteiger partial charge >= 0.3 is 68.9 Å². The molecule has 0 heterocycles. The first-order valence-corrected chi connectivity index (χ1v) is 2.82. The number of rotatable bonds is 1. The number of carboxylic acids is 1.